The largest absolute Gasteiger partial charge is 0.340 e. The number of carbonyl (C=O) groups excluding carboxylic acids is 1. The number of hydrogen-bond donors (Lipinski definition) is 1. The van der Waals surface area contributed by atoms with Crippen LogP contribution in [0.1, 0.15) is 24.3 Å². The summed E-state index contributed by atoms with van der Waals surface area (Å²) in [5, 5.41) is -0.136. The Hall–Kier alpha value is -1.93. The number of aromatic nitrogens is 2. The van der Waals surface area contributed by atoms with E-state index in [2.05, 4.69) is 4.98 Å². The maximum Gasteiger partial charge on any atom is 0.274 e. The molecule has 0 unspecified atom stereocenters. The fourth-order valence-electron chi connectivity index (χ4n) is 2.39. The van der Waals surface area contributed by atoms with Crippen molar-refractivity contribution in [2.45, 2.75) is 19.0 Å². The summed E-state index contributed by atoms with van der Waals surface area (Å²) in [5.41, 5.74) is 6.07. The topological polar surface area (TPSA) is 97.8 Å². The minimum absolute atomic E-state index is 0.126. The fraction of sp³-hybridized carbons (Fsp3) is 0.467. The summed E-state index contributed by atoms with van der Waals surface area (Å²) >= 11 is 0. The Labute approximate surface area is 136 Å². The zero-order chi connectivity index (χ0) is 17.4. The van der Waals surface area contributed by atoms with Gasteiger partial charge in [-0.3, -0.25) is 9.20 Å². The Balaban J connectivity index is 2.50. The Bertz CT molecular complexity index is 840. The van der Waals surface area contributed by atoms with E-state index in [0.717, 1.165) is 6.26 Å². The quantitative estimate of drug-likeness (QED) is 0.869. The molecule has 0 aromatic carbocycles. The van der Waals surface area contributed by atoms with Crippen LogP contribution in [0.25, 0.3) is 5.52 Å². The molecular formula is C15H22N4O3S. The van der Waals surface area contributed by atoms with Gasteiger partial charge in [-0.1, -0.05) is 19.9 Å². The summed E-state index contributed by atoms with van der Waals surface area (Å²) in [6, 6.07) is 5.11. The van der Waals surface area contributed by atoms with Gasteiger partial charge in [-0.15, -0.1) is 0 Å². The molecular weight excluding hydrogens is 316 g/mol. The molecule has 0 spiro atoms. The molecule has 0 bridgehead atoms. The third-order valence-corrected chi connectivity index (χ3v) is 4.57. The third-order valence-electron chi connectivity index (χ3n) is 3.61. The number of rotatable bonds is 5. The van der Waals surface area contributed by atoms with Crippen LogP contribution in [0.15, 0.2) is 29.6 Å². The van der Waals surface area contributed by atoms with E-state index in [-0.39, 0.29) is 22.2 Å². The average Bonchev–Trinajstić information content (AvgIpc) is 2.85. The highest BCUT2D eigenvalue weighted by atomic mass is 32.2. The number of carbonyl (C=O) groups is 1. The van der Waals surface area contributed by atoms with Gasteiger partial charge in [0.15, 0.2) is 5.69 Å². The van der Waals surface area contributed by atoms with E-state index in [1.54, 1.807) is 31.4 Å². The van der Waals surface area contributed by atoms with Crippen LogP contribution >= 0.6 is 0 Å². The highest BCUT2D eigenvalue weighted by Crippen LogP contribution is 2.20. The Morgan fingerprint density at radius 3 is 2.61 bits per heavy atom. The second-order valence-electron chi connectivity index (χ2n) is 6.50. The molecule has 0 fully saturated rings. The number of nitrogens with two attached hydrogens (primary N) is 1. The molecule has 0 radical (unpaired) electrons. The summed E-state index contributed by atoms with van der Waals surface area (Å²) in [5.74, 6) is -0.329. The van der Waals surface area contributed by atoms with Gasteiger partial charge in [0, 0.05) is 26.0 Å². The normalized spacial score (nSPS) is 12.6. The molecule has 23 heavy (non-hydrogen) atoms. The van der Waals surface area contributed by atoms with Gasteiger partial charge in [0.1, 0.15) is 0 Å². The first-order valence-corrected chi connectivity index (χ1v) is 9.08. The van der Waals surface area contributed by atoms with Crippen LogP contribution in [0.4, 0.5) is 0 Å². The van der Waals surface area contributed by atoms with E-state index in [0.29, 0.717) is 18.6 Å². The van der Waals surface area contributed by atoms with E-state index in [1.807, 2.05) is 13.8 Å². The molecule has 8 heteroatoms. The van der Waals surface area contributed by atoms with Crippen molar-refractivity contribution >= 4 is 21.3 Å². The van der Waals surface area contributed by atoms with Crippen LogP contribution in [0, 0.1) is 5.41 Å². The molecule has 0 saturated heterocycles. The number of fused-ring (bicyclic) bond motifs is 1. The highest BCUT2D eigenvalue weighted by molar-refractivity contribution is 7.90. The Morgan fingerprint density at radius 1 is 1.39 bits per heavy atom. The van der Waals surface area contributed by atoms with Gasteiger partial charge < -0.3 is 10.6 Å². The second-order valence-corrected chi connectivity index (χ2v) is 8.41. The average molecular weight is 338 g/mol. The summed E-state index contributed by atoms with van der Waals surface area (Å²) in [4.78, 5) is 18.3. The van der Waals surface area contributed by atoms with Crippen LogP contribution in [-0.2, 0) is 9.84 Å². The molecule has 1 amide bonds. The number of amides is 1. The van der Waals surface area contributed by atoms with Gasteiger partial charge in [-0.25, -0.2) is 13.4 Å². The molecule has 126 valence electrons. The number of sulfone groups is 1. The first kappa shape index (κ1) is 17.4. The summed E-state index contributed by atoms with van der Waals surface area (Å²) in [6.45, 7) is 4.81. The maximum atomic E-state index is 12.7. The van der Waals surface area contributed by atoms with Crippen molar-refractivity contribution in [3.63, 3.8) is 0 Å². The van der Waals surface area contributed by atoms with Crippen LogP contribution in [0.3, 0.4) is 0 Å². The molecule has 7 nitrogen and oxygen atoms in total. The highest BCUT2D eigenvalue weighted by Gasteiger charge is 2.27. The predicted molar refractivity (Wildman–Crippen MR) is 88.1 cm³/mol. The van der Waals surface area contributed by atoms with Crippen molar-refractivity contribution in [3.05, 3.63) is 30.1 Å². The van der Waals surface area contributed by atoms with Gasteiger partial charge in [0.2, 0.25) is 15.0 Å². The van der Waals surface area contributed by atoms with Crippen LogP contribution in [-0.4, -0.2) is 55.0 Å². The zero-order valence-corrected chi connectivity index (χ0v) is 14.6. The van der Waals surface area contributed by atoms with E-state index in [9.17, 15) is 13.2 Å². The first-order valence-electron chi connectivity index (χ1n) is 7.19. The number of pyridine rings is 1. The molecule has 2 aromatic heterocycles. The SMILES string of the molecule is CN(CC(C)(C)CN)C(=O)c1nc(S(C)(=O)=O)n2ccccc12. The molecule has 0 atom stereocenters. The van der Waals surface area contributed by atoms with E-state index in [1.165, 1.54) is 9.30 Å². The molecule has 0 aliphatic carbocycles. The first-order chi connectivity index (χ1) is 10.6. The van der Waals surface area contributed by atoms with E-state index in [4.69, 9.17) is 5.73 Å². The lowest BCUT2D eigenvalue weighted by Crippen LogP contribution is -2.40. The minimum Gasteiger partial charge on any atom is -0.340 e. The van der Waals surface area contributed by atoms with Gasteiger partial charge in [0.05, 0.1) is 5.52 Å². The van der Waals surface area contributed by atoms with Crippen molar-refractivity contribution in [2.75, 3.05) is 26.4 Å². The second kappa shape index (κ2) is 5.93. The lowest BCUT2D eigenvalue weighted by molar-refractivity contribution is 0.0737. The van der Waals surface area contributed by atoms with Crippen molar-refractivity contribution in [2.24, 2.45) is 11.1 Å². The van der Waals surface area contributed by atoms with Gasteiger partial charge in [-0.2, -0.15) is 0 Å². The Morgan fingerprint density at radius 2 is 2.04 bits per heavy atom. The van der Waals surface area contributed by atoms with Gasteiger partial charge in [-0.05, 0) is 24.1 Å². The zero-order valence-electron chi connectivity index (χ0n) is 13.8. The summed E-state index contributed by atoms with van der Waals surface area (Å²) in [7, 11) is -1.89. The van der Waals surface area contributed by atoms with Crippen molar-refractivity contribution in [3.8, 4) is 0 Å². The fourth-order valence-corrected chi connectivity index (χ4v) is 3.16. The molecule has 2 N–H and O–H groups in total. The summed E-state index contributed by atoms with van der Waals surface area (Å²) < 4.78 is 25.2. The van der Waals surface area contributed by atoms with Crippen molar-refractivity contribution in [1.82, 2.24) is 14.3 Å². The third kappa shape index (κ3) is 3.53. The number of imidazole rings is 1. The maximum absolute atomic E-state index is 12.7. The standard InChI is InChI=1S/C15H22N4O3S/c1-15(2,9-16)10-18(3)13(20)12-11-7-5-6-8-19(11)14(17-12)23(4,21)22/h5-8H,9-10,16H2,1-4H3. The molecule has 2 aromatic rings. The molecule has 2 heterocycles. The van der Waals surface area contributed by atoms with Crippen molar-refractivity contribution in [1.29, 1.82) is 0 Å². The van der Waals surface area contributed by atoms with Crippen LogP contribution < -0.4 is 5.73 Å². The smallest absolute Gasteiger partial charge is 0.274 e. The number of nitrogens with zero attached hydrogens (tertiary/aromatic N) is 3. The number of hydrogen-bond acceptors (Lipinski definition) is 5. The molecule has 0 aliphatic heterocycles. The summed E-state index contributed by atoms with van der Waals surface area (Å²) in [6.07, 6.45) is 2.66. The van der Waals surface area contributed by atoms with Gasteiger partial charge >= 0.3 is 0 Å². The Kier molecular flexibility index (Phi) is 4.50. The molecule has 0 saturated carbocycles. The van der Waals surface area contributed by atoms with E-state index >= 15 is 0 Å². The predicted octanol–water partition coefficient (Wildman–Crippen LogP) is 0.795. The minimum atomic E-state index is -3.55. The van der Waals surface area contributed by atoms with Gasteiger partial charge in [0.25, 0.3) is 5.91 Å². The van der Waals surface area contributed by atoms with Crippen LogP contribution in [0.5, 0.6) is 0 Å². The van der Waals surface area contributed by atoms with Crippen molar-refractivity contribution < 1.29 is 13.2 Å². The van der Waals surface area contributed by atoms with E-state index < -0.39 is 9.84 Å². The monoisotopic (exact) mass is 338 g/mol. The lowest BCUT2D eigenvalue weighted by Gasteiger charge is -2.28. The lowest BCUT2D eigenvalue weighted by atomic mass is 9.93. The van der Waals surface area contributed by atoms with Crippen LogP contribution in [0.2, 0.25) is 0 Å². The molecule has 2 rings (SSSR count). The molecule has 0 aliphatic rings.